The molecule has 88 valence electrons. The van der Waals surface area contributed by atoms with E-state index >= 15 is 0 Å². The van der Waals surface area contributed by atoms with Crippen molar-refractivity contribution in [2.24, 2.45) is 0 Å². The molecule has 0 fully saturated rings. The van der Waals surface area contributed by atoms with Gasteiger partial charge in [0, 0.05) is 6.92 Å². The van der Waals surface area contributed by atoms with Crippen LogP contribution in [0.15, 0.2) is 12.1 Å². The third kappa shape index (κ3) is 2.21. The molecule has 16 heavy (non-hydrogen) atoms. The first-order valence-electron chi connectivity index (χ1n) is 4.36. The molecule has 0 radical (unpaired) electrons. The van der Waals surface area contributed by atoms with Crippen molar-refractivity contribution >= 4 is 11.7 Å². The summed E-state index contributed by atoms with van der Waals surface area (Å²) in [6, 6.07) is 1.94. The van der Waals surface area contributed by atoms with Crippen LogP contribution in [0.5, 0.6) is 5.75 Å². The van der Waals surface area contributed by atoms with E-state index in [2.05, 4.69) is 4.74 Å². The molecule has 0 unspecified atom stereocenters. The van der Waals surface area contributed by atoms with Gasteiger partial charge >= 0.3 is 5.97 Å². The van der Waals surface area contributed by atoms with Gasteiger partial charge in [0.05, 0.1) is 23.9 Å². The van der Waals surface area contributed by atoms with Crippen molar-refractivity contribution in [2.75, 3.05) is 12.8 Å². The zero-order valence-electron chi connectivity index (χ0n) is 8.75. The van der Waals surface area contributed by atoms with E-state index < -0.39 is 23.2 Å². The molecule has 6 heteroatoms. The smallest absolute Gasteiger partial charge is 0.337 e. The third-order valence-corrected chi connectivity index (χ3v) is 2.03. The number of nitrogen functional groups attached to an aromatic ring is 1. The number of hydrogen-bond donors (Lipinski definition) is 2. The number of aromatic hydroxyl groups is 1. The van der Waals surface area contributed by atoms with Crippen LogP contribution in [0.25, 0.3) is 0 Å². The maximum Gasteiger partial charge on any atom is 0.337 e. The van der Waals surface area contributed by atoms with Gasteiger partial charge in [-0.2, -0.15) is 0 Å². The number of nitrogens with two attached hydrogens (primary N) is 1. The zero-order chi connectivity index (χ0) is 12.5. The summed E-state index contributed by atoms with van der Waals surface area (Å²) in [5.41, 5.74) is 4.20. The summed E-state index contributed by atoms with van der Waals surface area (Å²) in [7, 11) is 1.12. The Kier molecular flexibility index (Phi) is 3.02. The second-order valence-corrected chi connectivity index (χ2v) is 3.34. The largest absolute Gasteiger partial charge is 0.505 e. The van der Waals surface area contributed by atoms with Gasteiger partial charge < -0.3 is 15.6 Å². The molecule has 0 atom stereocenters. The van der Waals surface area contributed by atoms with Crippen molar-refractivity contribution in [3.63, 3.8) is 0 Å². The minimum absolute atomic E-state index is 0.130. The number of esters is 1. The fourth-order valence-electron chi connectivity index (χ4n) is 1.23. The van der Waals surface area contributed by atoms with E-state index in [1.807, 2.05) is 0 Å². The van der Waals surface area contributed by atoms with E-state index in [0.717, 1.165) is 19.2 Å². The van der Waals surface area contributed by atoms with Gasteiger partial charge in [0.1, 0.15) is 5.75 Å². The molecule has 1 aromatic carbocycles. The second-order valence-electron chi connectivity index (χ2n) is 3.34. The normalized spacial score (nSPS) is 11.2. The first kappa shape index (κ1) is 12.2. The maximum atomic E-state index is 13.1. The number of benzene rings is 1. The van der Waals surface area contributed by atoms with Crippen LogP contribution >= 0.6 is 0 Å². The van der Waals surface area contributed by atoms with Crippen LogP contribution in [0.4, 0.5) is 14.5 Å². The highest BCUT2D eigenvalue weighted by Gasteiger charge is 2.30. The minimum atomic E-state index is -3.29. The van der Waals surface area contributed by atoms with Crippen molar-refractivity contribution in [3.8, 4) is 5.75 Å². The van der Waals surface area contributed by atoms with E-state index in [0.29, 0.717) is 6.92 Å². The first-order valence-corrected chi connectivity index (χ1v) is 4.36. The number of ether oxygens (including phenoxy) is 1. The van der Waals surface area contributed by atoms with Crippen LogP contribution in [-0.4, -0.2) is 18.2 Å². The lowest BCUT2D eigenvalue weighted by Crippen LogP contribution is -2.11. The monoisotopic (exact) mass is 231 g/mol. The van der Waals surface area contributed by atoms with E-state index in [1.54, 1.807) is 0 Å². The third-order valence-electron chi connectivity index (χ3n) is 2.03. The standard InChI is InChI=1S/C10H11F2NO3/c1-10(11,12)6-3-5(9(15)16-2)4-7(13)8(6)14/h3-4,14H,13H2,1-2H3. The van der Waals surface area contributed by atoms with Crippen LogP contribution in [0.3, 0.4) is 0 Å². The number of phenols is 1. The Morgan fingerprint density at radius 3 is 2.50 bits per heavy atom. The van der Waals surface area contributed by atoms with Gasteiger partial charge in [-0.15, -0.1) is 0 Å². The fourth-order valence-corrected chi connectivity index (χ4v) is 1.23. The lowest BCUT2D eigenvalue weighted by atomic mass is 10.0. The van der Waals surface area contributed by atoms with E-state index in [1.165, 1.54) is 0 Å². The minimum Gasteiger partial charge on any atom is -0.505 e. The molecule has 1 rings (SSSR count). The van der Waals surface area contributed by atoms with Crippen LogP contribution in [-0.2, 0) is 10.7 Å². The molecule has 4 nitrogen and oxygen atoms in total. The Labute approximate surface area is 90.6 Å². The lowest BCUT2D eigenvalue weighted by Gasteiger charge is -2.15. The number of carbonyl (C=O) groups is 1. The highest BCUT2D eigenvalue weighted by atomic mass is 19.3. The molecule has 0 heterocycles. The highest BCUT2D eigenvalue weighted by molar-refractivity contribution is 5.91. The molecule has 0 aromatic heterocycles. The molecule has 0 aliphatic carbocycles. The second kappa shape index (κ2) is 3.96. The molecule has 0 amide bonds. The van der Waals surface area contributed by atoms with Gasteiger partial charge in [0.15, 0.2) is 0 Å². The summed E-state index contributed by atoms with van der Waals surface area (Å²) >= 11 is 0. The number of alkyl halides is 2. The van der Waals surface area contributed by atoms with E-state index in [4.69, 9.17) is 5.73 Å². The predicted octanol–water partition coefficient (Wildman–Crippen LogP) is 1.87. The molecular formula is C10H11F2NO3. The number of rotatable bonds is 2. The summed E-state index contributed by atoms with van der Waals surface area (Å²) in [5, 5.41) is 9.35. The van der Waals surface area contributed by atoms with Crippen molar-refractivity contribution < 1.29 is 23.4 Å². The molecule has 0 saturated carbocycles. The zero-order valence-corrected chi connectivity index (χ0v) is 8.75. The number of anilines is 1. The predicted molar refractivity (Wildman–Crippen MR) is 53.4 cm³/mol. The van der Waals surface area contributed by atoms with Gasteiger partial charge in [-0.25, -0.2) is 13.6 Å². The van der Waals surface area contributed by atoms with Gasteiger partial charge in [-0.1, -0.05) is 0 Å². The highest BCUT2D eigenvalue weighted by Crippen LogP contribution is 2.38. The Hall–Kier alpha value is -1.85. The summed E-state index contributed by atoms with van der Waals surface area (Å²) < 4.78 is 30.5. The molecule has 3 N–H and O–H groups in total. The summed E-state index contributed by atoms with van der Waals surface area (Å²) in [4.78, 5) is 11.2. The van der Waals surface area contributed by atoms with Crippen LogP contribution in [0, 0.1) is 0 Å². The van der Waals surface area contributed by atoms with Gasteiger partial charge in [-0.3, -0.25) is 0 Å². The van der Waals surface area contributed by atoms with Gasteiger partial charge in [0.2, 0.25) is 0 Å². The summed E-state index contributed by atoms with van der Waals surface area (Å²) in [5.74, 6) is -4.81. The Balaban J connectivity index is 3.39. The number of halogens is 2. The molecular weight excluding hydrogens is 220 g/mol. The Bertz CT molecular complexity index is 427. The fraction of sp³-hybridized carbons (Fsp3) is 0.300. The maximum absolute atomic E-state index is 13.1. The molecule has 0 bridgehead atoms. The van der Waals surface area contributed by atoms with Crippen LogP contribution in [0.1, 0.15) is 22.8 Å². The number of hydrogen-bond acceptors (Lipinski definition) is 4. The van der Waals surface area contributed by atoms with Gasteiger partial charge in [0.25, 0.3) is 5.92 Å². The van der Waals surface area contributed by atoms with Crippen LogP contribution < -0.4 is 5.73 Å². The van der Waals surface area contributed by atoms with Crippen molar-refractivity contribution in [1.29, 1.82) is 0 Å². The van der Waals surface area contributed by atoms with Crippen molar-refractivity contribution in [1.82, 2.24) is 0 Å². The molecule has 0 aliphatic heterocycles. The van der Waals surface area contributed by atoms with E-state index in [-0.39, 0.29) is 11.3 Å². The van der Waals surface area contributed by atoms with Crippen LogP contribution in [0.2, 0.25) is 0 Å². The number of phenolic OH excluding ortho intramolecular Hbond substituents is 1. The van der Waals surface area contributed by atoms with Crippen molar-refractivity contribution in [2.45, 2.75) is 12.8 Å². The van der Waals surface area contributed by atoms with E-state index in [9.17, 15) is 18.7 Å². The molecule has 0 spiro atoms. The average Bonchev–Trinajstić information content (AvgIpc) is 2.18. The summed E-state index contributed by atoms with van der Waals surface area (Å²) in [6.07, 6.45) is 0. The molecule has 0 saturated heterocycles. The quantitative estimate of drug-likeness (QED) is 0.463. The SMILES string of the molecule is COC(=O)c1cc(N)c(O)c(C(C)(F)F)c1. The lowest BCUT2D eigenvalue weighted by molar-refractivity contribution is 0.0151. The average molecular weight is 231 g/mol. The molecule has 1 aromatic rings. The van der Waals surface area contributed by atoms with Crippen molar-refractivity contribution in [3.05, 3.63) is 23.3 Å². The number of carbonyl (C=O) groups excluding carboxylic acids is 1. The Morgan fingerprint density at radius 1 is 1.50 bits per heavy atom. The summed E-state index contributed by atoms with van der Waals surface area (Å²) in [6.45, 7) is 0.600. The Morgan fingerprint density at radius 2 is 2.06 bits per heavy atom. The topological polar surface area (TPSA) is 72.5 Å². The first-order chi connectivity index (χ1) is 7.27. The number of methoxy groups -OCH3 is 1. The molecule has 0 aliphatic rings. The van der Waals surface area contributed by atoms with Gasteiger partial charge in [-0.05, 0) is 12.1 Å².